The molecular weight excluding hydrogens is 315 g/mol. The Morgan fingerprint density at radius 1 is 1.38 bits per heavy atom. The molecule has 0 aliphatic rings. The van der Waals surface area contributed by atoms with Crippen LogP contribution >= 0.6 is 0 Å². The zero-order chi connectivity index (χ0) is 17.5. The van der Waals surface area contributed by atoms with Crippen molar-refractivity contribution >= 4 is 11.8 Å². The van der Waals surface area contributed by atoms with Gasteiger partial charge in [-0.1, -0.05) is 6.07 Å². The number of H-pyrrole nitrogens is 1. The van der Waals surface area contributed by atoms with E-state index in [1.54, 1.807) is 26.0 Å². The number of likely N-dealkylation sites (N-methyl/N-ethyl adjacent to an activating group) is 1. The maximum absolute atomic E-state index is 13.1. The van der Waals surface area contributed by atoms with Crippen molar-refractivity contribution in [3.05, 3.63) is 47.5 Å². The van der Waals surface area contributed by atoms with Gasteiger partial charge in [0.1, 0.15) is 29.9 Å². The lowest BCUT2D eigenvalue weighted by molar-refractivity contribution is -0.122. The first kappa shape index (κ1) is 17.5. The molecule has 0 aliphatic heterocycles. The summed E-state index contributed by atoms with van der Waals surface area (Å²) < 4.78 is 18.5. The molecule has 0 spiro atoms. The van der Waals surface area contributed by atoms with E-state index in [1.807, 2.05) is 0 Å². The SMILES string of the molecule is CCNC(=O)C(C)NC(=O)c1cc(COc2cccc(F)c2)[nH]n1. The van der Waals surface area contributed by atoms with Gasteiger partial charge in [0.25, 0.3) is 5.91 Å². The number of hydrogen-bond acceptors (Lipinski definition) is 4. The number of aromatic amines is 1. The zero-order valence-corrected chi connectivity index (χ0v) is 13.4. The molecule has 7 nitrogen and oxygen atoms in total. The van der Waals surface area contributed by atoms with Crippen molar-refractivity contribution in [1.29, 1.82) is 0 Å². The van der Waals surface area contributed by atoms with E-state index in [4.69, 9.17) is 4.74 Å². The zero-order valence-electron chi connectivity index (χ0n) is 13.4. The van der Waals surface area contributed by atoms with E-state index in [-0.39, 0.29) is 18.2 Å². The number of aromatic nitrogens is 2. The Morgan fingerprint density at radius 2 is 2.17 bits per heavy atom. The number of nitrogens with zero attached hydrogens (tertiary/aromatic N) is 1. The molecule has 24 heavy (non-hydrogen) atoms. The van der Waals surface area contributed by atoms with Gasteiger partial charge in [-0.2, -0.15) is 5.10 Å². The van der Waals surface area contributed by atoms with Crippen molar-refractivity contribution in [3.63, 3.8) is 0 Å². The van der Waals surface area contributed by atoms with Gasteiger partial charge in [-0.15, -0.1) is 0 Å². The van der Waals surface area contributed by atoms with E-state index in [1.165, 1.54) is 18.2 Å². The van der Waals surface area contributed by atoms with Gasteiger partial charge in [0.15, 0.2) is 0 Å². The van der Waals surface area contributed by atoms with Crippen LogP contribution in [-0.2, 0) is 11.4 Å². The fourth-order valence-electron chi connectivity index (χ4n) is 1.93. The smallest absolute Gasteiger partial charge is 0.272 e. The summed E-state index contributed by atoms with van der Waals surface area (Å²) in [7, 11) is 0. The molecular formula is C16H19FN4O3. The van der Waals surface area contributed by atoms with Gasteiger partial charge < -0.3 is 15.4 Å². The molecule has 0 radical (unpaired) electrons. The number of halogens is 1. The summed E-state index contributed by atoms with van der Waals surface area (Å²) in [5.41, 5.74) is 0.694. The highest BCUT2D eigenvalue weighted by Crippen LogP contribution is 2.13. The highest BCUT2D eigenvalue weighted by molar-refractivity contribution is 5.95. The molecule has 1 atom stereocenters. The molecule has 2 rings (SSSR count). The monoisotopic (exact) mass is 334 g/mol. The average molecular weight is 334 g/mol. The molecule has 1 unspecified atom stereocenters. The standard InChI is InChI=1S/C16H19FN4O3/c1-3-18-15(22)10(2)19-16(23)14-8-12(20-21-14)9-24-13-6-4-5-11(17)7-13/h4-8,10H,3,9H2,1-2H3,(H,18,22)(H,19,23)(H,20,21). The highest BCUT2D eigenvalue weighted by Gasteiger charge is 2.18. The Bertz CT molecular complexity index is 717. The molecule has 0 fully saturated rings. The van der Waals surface area contributed by atoms with Gasteiger partial charge in [0.2, 0.25) is 5.91 Å². The second-order valence-electron chi connectivity index (χ2n) is 5.11. The minimum absolute atomic E-state index is 0.107. The summed E-state index contributed by atoms with van der Waals surface area (Å²) in [5, 5.41) is 11.7. The largest absolute Gasteiger partial charge is 0.487 e. The maximum atomic E-state index is 13.1. The summed E-state index contributed by atoms with van der Waals surface area (Å²) in [5.74, 6) is -0.755. The Hall–Kier alpha value is -2.90. The van der Waals surface area contributed by atoms with Crippen LogP contribution in [0.25, 0.3) is 0 Å². The Morgan fingerprint density at radius 3 is 2.88 bits per heavy atom. The van der Waals surface area contributed by atoms with Crippen molar-refractivity contribution in [3.8, 4) is 5.75 Å². The molecule has 0 saturated heterocycles. The van der Waals surface area contributed by atoms with Gasteiger partial charge in [0.05, 0.1) is 5.69 Å². The van der Waals surface area contributed by atoms with Crippen LogP contribution in [0.2, 0.25) is 0 Å². The first-order valence-electron chi connectivity index (χ1n) is 7.50. The third-order valence-electron chi connectivity index (χ3n) is 3.15. The lowest BCUT2D eigenvalue weighted by Gasteiger charge is -2.11. The Labute approximate surface area is 138 Å². The van der Waals surface area contributed by atoms with Crippen LogP contribution < -0.4 is 15.4 Å². The fourth-order valence-corrected chi connectivity index (χ4v) is 1.93. The van der Waals surface area contributed by atoms with E-state index in [2.05, 4.69) is 20.8 Å². The molecule has 1 aromatic carbocycles. The van der Waals surface area contributed by atoms with E-state index in [0.29, 0.717) is 18.0 Å². The average Bonchev–Trinajstić information content (AvgIpc) is 3.02. The van der Waals surface area contributed by atoms with Gasteiger partial charge in [-0.3, -0.25) is 14.7 Å². The summed E-state index contributed by atoms with van der Waals surface area (Å²) >= 11 is 0. The first-order valence-corrected chi connectivity index (χ1v) is 7.50. The van der Waals surface area contributed by atoms with Crippen molar-refractivity contribution < 1.29 is 18.7 Å². The number of ether oxygens (including phenoxy) is 1. The fraction of sp³-hybridized carbons (Fsp3) is 0.312. The third kappa shape index (κ3) is 4.80. The van der Waals surface area contributed by atoms with Crippen LogP contribution in [0.15, 0.2) is 30.3 Å². The number of carbonyl (C=O) groups excluding carboxylic acids is 2. The molecule has 128 valence electrons. The predicted octanol–water partition coefficient (Wildman–Crippen LogP) is 1.38. The van der Waals surface area contributed by atoms with Crippen LogP contribution in [0.1, 0.15) is 30.0 Å². The Kier molecular flexibility index (Phi) is 5.89. The van der Waals surface area contributed by atoms with Crippen LogP contribution in [0.4, 0.5) is 4.39 Å². The quantitative estimate of drug-likeness (QED) is 0.713. The summed E-state index contributed by atoms with van der Waals surface area (Å²) in [6, 6.07) is 6.60. The van der Waals surface area contributed by atoms with Crippen LogP contribution in [0.3, 0.4) is 0 Å². The van der Waals surface area contributed by atoms with Gasteiger partial charge in [-0.05, 0) is 32.0 Å². The minimum Gasteiger partial charge on any atom is -0.487 e. The second kappa shape index (κ2) is 8.09. The number of nitrogens with one attached hydrogen (secondary N) is 3. The molecule has 3 N–H and O–H groups in total. The number of amides is 2. The van der Waals surface area contributed by atoms with Crippen molar-refractivity contribution in [2.24, 2.45) is 0 Å². The van der Waals surface area contributed by atoms with Crippen molar-refractivity contribution in [1.82, 2.24) is 20.8 Å². The summed E-state index contributed by atoms with van der Waals surface area (Å²) in [4.78, 5) is 23.6. The molecule has 2 amide bonds. The molecule has 1 aromatic heterocycles. The first-order chi connectivity index (χ1) is 11.5. The number of rotatable bonds is 7. The molecule has 8 heteroatoms. The highest BCUT2D eigenvalue weighted by atomic mass is 19.1. The van der Waals surface area contributed by atoms with E-state index in [9.17, 15) is 14.0 Å². The third-order valence-corrected chi connectivity index (χ3v) is 3.15. The summed E-state index contributed by atoms with van der Waals surface area (Å²) in [6.07, 6.45) is 0. The van der Waals surface area contributed by atoms with E-state index < -0.39 is 17.8 Å². The van der Waals surface area contributed by atoms with Crippen LogP contribution in [0, 0.1) is 5.82 Å². The predicted molar refractivity (Wildman–Crippen MR) is 84.9 cm³/mol. The lowest BCUT2D eigenvalue weighted by atomic mass is 10.2. The van der Waals surface area contributed by atoms with Crippen LogP contribution in [0.5, 0.6) is 5.75 Å². The second-order valence-corrected chi connectivity index (χ2v) is 5.11. The molecule has 2 aromatic rings. The van der Waals surface area contributed by atoms with Gasteiger partial charge in [-0.25, -0.2) is 4.39 Å². The molecule has 0 saturated carbocycles. The lowest BCUT2D eigenvalue weighted by Crippen LogP contribution is -2.44. The van der Waals surface area contributed by atoms with Gasteiger partial charge >= 0.3 is 0 Å². The molecule has 0 bridgehead atoms. The number of hydrogen-bond donors (Lipinski definition) is 3. The van der Waals surface area contributed by atoms with Crippen molar-refractivity contribution in [2.45, 2.75) is 26.5 Å². The Balaban J connectivity index is 1.90. The number of benzene rings is 1. The maximum Gasteiger partial charge on any atom is 0.272 e. The number of carbonyl (C=O) groups is 2. The normalized spacial score (nSPS) is 11.6. The van der Waals surface area contributed by atoms with E-state index >= 15 is 0 Å². The topological polar surface area (TPSA) is 96.1 Å². The van der Waals surface area contributed by atoms with Gasteiger partial charge in [0, 0.05) is 12.6 Å². The van der Waals surface area contributed by atoms with Crippen LogP contribution in [-0.4, -0.2) is 34.6 Å². The molecule has 1 heterocycles. The summed E-state index contributed by atoms with van der Waals surface area (Å²) in [6.45, 7) is 3.98. The van der Waals surface area contributed by atoms with E-state index in [0.717, 1.165) is 0 Å². The molecule has 0 aliphatic carbocycles. The van der Waals surface area contributed by atoms with Crippen molar-refractivity contribution in [2.75, 3.05) is 6.54 Å². The minimum atomic E-state index is -0.666.